The molecule has 0 bridgehead atoms. The fourth-order valence-corrected chi connectivity index (χ4v) is 2.55. The molecule has 1 aromatic heterocycles. The zero-order valence-electron chi connectivity index (χ0n) is 9.85. The molecule has 0 aliphatic rings. The Balaban J connectivity index is 2.35. The van der Waals surface area contributed by atoms with Crippen LogP contribution in [0, 0.1) is 7.14 Å². The number of nitrogen functional groups attached to an aromatic ring is 2. The van der Waals surface area contributed by atoms with Crippen LogP contribution < -0.4 is 20.9 Å². The highest BCUT2D eigenvalue weighted by atomic mass is 127. The largest absolute Gasteiger partial charge is 0.496 e. The van der Waals surface area contributed by atoms with Gasteiger partial charge < -0.3 is 20.9 Å². The van der Waals surface area contributed by atoms with Gasteiger partial charge in [0.25, 0.3) is 0 Å². The van der Waals surface area contributed by atoms with E-state index in [0.717, 1.165) is 12.9 Å². The highest BCUT2D eigenvalue weighted by Crippen LogP contribution is 2.34. The number of nitrogens with two attached hydrogens (primary N) is 2. The molecule has 0 saturated carbocycles. The summed E-state index contributed by atoms with van der Waals surface area (Å²) in [4.78, 5) is 7.70. The minimum Gasteiger partial charge on any atom is -0.496 e. The molecule has 2 rings (SSSR count). The number of nitrogens with zero attached hydrogens (tertiary/aromatic N) is 2. The number of anilines is 2. The fourth-order valence-electron chi connectivity index (χ4n) is 1.34. The lowest BCUT2D eigenvalue weighted by molar-refractivity contribution is 0.409. The first kappa shape index (κ1) is 14.4. The van der Waals surface area contributed by atoms with Gasteiger partial charge in [-0.2, -0.15) is 4.98 Å². The Hall–Kier alpha value is -1.04. The van der Waals surface area contributed by atoms with Crippen molar-refractivity contribution in [2.75, 3.05) is 18.6 Å². The van der Waals surface area contributed by atoms with Gasteiger partial charge in [-0.3, -0.25) is 0 Å². The lowest BCUT2D eigenvalue weighted by Gasteiger charge is -2.11. The van der Waals surface area contributed by atoms with E-state index in [1.807, 2.05) is 12.1 Å². The second-order valence-corrected chi connectivity index (χ2v) is 5.82. The Morgan fingerprint density at radius 2 is 1.68 bits per heavy atom. The molecule has 0 unspecified atom stereocenters. The Bertz CT molecular complexity index is 622. The SMILES string of the molecule is COc1cc(I)c(Oc2cnc(N)nc2N)cc1I. The monoisotopic (exact) mass is 484 g/mol. The topological polar surface area (TPSA) is 96.3 Å². The Morgan fingerprint density at radius 3 is 2.32 bits per heavy atom. The average molecular weight is 484 g/mol. The first-order valence-electron chi connectivity index (χ1n) is 5.10. The van der Waals surface area contributed by atoms with Gasteiger partial charge in [0.1, 0.15) is 11.5 Å². The predicted octanol–water partition coefficient (Wildman–Crippen LogP) is 2.65. The van der Waals surface area contributed by atoms with Crippen molar-refractivity contribution in [2.24, 2.45) is 0 Å². The number of aromatic nitrogens is 2. The number of hydrogen-bond donors (Lipinski definition) is 2. The summed E-state index contributed by atoms with van der Waals surface area (Å²) < 4.78 is 12.8. The van der Waals surface area contributed by atoms with Gasteiger partial charge in [-0.25, -0.2) is 4.98 Å². The van der Waals surface area contributed by atoms with Crippen LogP contribution in [0.25, 0.3) is 0 Å². The van der Waals surface area contributed by atoms with Gasteiger partial charge in [-0.1, -0.05) is 0 Å². The fraction of sp³-hybridized carbons (Fsp3) is 0.0909. The number of benzene rings is 1. The summed E-state index contributed by atoms with van der Waals surface area (Å²) in [5, 5.41) is 0. The van der Waals surface area contributed by atoms with Crippen molar-refractivity contribution >= 4 is 56.9 Å². The molecule has 0 saturated heterocycles. The third-order valence-electron chi connectivity index (χ3n) is 2.23. The van der Waals surface area contributed by atoms with E-state index in [-0.39, 0.29) is 11.8 Å². The van der Waals surface area contributed by atoms with E-state index in [4.69, 9.17) is 20.9 Å². The Kier molecular flexibility index (Phi) is 4.50. The summed E-state index contributed by atoms with van der Waals surface area (Å²) >= 11 is 4.33. The smallest absolute Gasteiger partial charge is 0.222 e. The quantitative estimate of drug-likeness (QED) is 0.651. The maximum Gasteiger partial charge on any atom is 0.222 e. The summed E-state index contributed by atoms with van der Waals surface area (Å²) in [6.07, 6.45) is 1.45. The van der Waals surface area contributed by atoms with Crippen molar-refractivity contribution < 1.29 is 9.47 Å². The third kappa shape index (κ3) is 3.29. The van der Waals surface area contributed by atoms with Gasteiger partial charge in [0.15, 0.2) is 11.6 Å². The van der Waals surface area contributed by atoms with Crippen molar-refractivity contribution in [3.05, 3.63) is 25.5 Å². The van der Waals surface area contributed by atoms with E-state index >= 15 is 0 Å². The lowest BCUT2D eigenvalue weighted by Crippen LogP contribution is -2.02. The molecule has 6 nitrogen and oxygen atoms in total. The first-order valence-corrected chi connectivity index (χ1v) is 7.26. The van der Waals surface area contributed by atoms with E-state index in [1.165, 1.54) is 6.20 Å². The van der Waals surface area contributed by atoms with Crippen LogP contribution in [0.5, 0.6) is 17.2 Å². The molecule has 100 valence electrons. The Morgan fingerprint density at radius 1 is 1.05 bits per heavy atom. The molecule has 4 N–H and O–H groups in total. The molecule has 19 heavy (non-hydrogen) atoms. The minimum atomic E-state index is 0.115. The van der Waals surface area contributed by atoms with Crippen molar-refractivity contribution in [2.45, 2.75) is 0 Å². The van der Waals surface area contributed by atoms with Crippen molar-refractivity contribution in [1.82, 2.24) is 9.97 Å². The third-order valence-corrected chi connectivity index (χ3v) is 3.91. The van der Waals surface area contributed by atoms with Crippen LogP contribution in [0.2, 0.25) is 0 Å². The zero-order chi connectivity index (χ0) is 14.0. The normalized spacial score (nSPS) is 10.3. The molecule has 0 spiro atoms. The van der Waals surface area contributed by atoms with Gasteiger partial charge in [0.2, 0.25) is 5.95 Å². The molecule has 0 amide bonds. The Labute approximate surface area is 137 Å². The molecule has 1 aromatic carbocycles. The molecule has 0 radical (unpaired) electrons. The highest BCUT2D eigenvalue weighted by Gasteiger charge is 2.11. The van der Waals surface area contributed by atoms with Crippen LogP contribution >= 0.6 is 45.2 Å². The molecule has 8 heteroatoms. The minimum absolute atomic E-state index is 0.115. The molecular formula is C11H10I2N4O2. The predicted molar refractivity (Wildman–Crippen MR) is 89.4 cm³/mol. The molecule has 0 aliphatic carbocycles. The summed E-state index contributed by atoms with van der Waals surface area (Å²) in [6.45, 7) is 0. The van der Waals surface area contributed by atoms with Crippen LogP contribution in [-0.2, 0) is 0 Å². The molecule has 0 fully saturated rings. The van der Waals surface area contributed by atoms with E-state index in [9.17, 15) is 0 Å². The number of ether oxygens (including phenoxy) is 2. The van der Waals surface area contributed by atoms with E-state index in [0.29, 0.717) is 11.5 Å². The zero-order valence-corrected chi connectivity index (χ0v) is 14.2. The van der Waals surface area contributed by atoms with E-state index < -0.39 is 0 Å². The summed E-state index contributed by atoms with van der Waals surface area (Å²) in [5.74, 6) is 2.14. The summed E-state index contributed by atoms with van der Waals surface area (Å²) in [5.41, 5.74) is 11.2. The summed E-state index contributed by atoms with van der Waals surface area (Å²) in [7, 11) is 1.62. The van der Waals surface area contributed by atoms with Gasteiger partial charge in [0, 0.05) is 0 Å². The molecule has 0 atom stereocenters. The lowest BCUT2D eigenvalue weighted by atomic mass is 10.3. The van der Waals surface area contributed by atoms with Crippen molar-refractivity contribution in [3.63, 3.8) is 0 Å². The maximum atomic E-state index is 5.73. The molecule has 0 aliphatic heterocycles. The number of methoxy groups -OCH3 is 1. The maximum absolute atomic E-state index is 5.73. The van der Waals surface area contributed by atoms with Crippen LogP contribution in [0.4, 0.5) is 11.8 Å². The number of halogens is 2. The second-order valence-electron chi connectivity index (χ2n) is 3.50. The van der Waals surface area contributed by atoms with Crippen molar-refractivity contribution in [3.8, 4) is 17.2 Å². The van der Waals surface area contributed by atoms with Gasteiger partial charge >= 0.3 is 0 Å². The number of hydrogen-bond acceptors (Lipinski definition) is 6. The van der Waals surface area contributed by atoms with Crippen LogP contribution in [0.3, 0.4) is 0 Å². The molecule has 1 heterocycles. The van der Waals surface area contributed by atoms with Crippen LogP contribution in [-0.4, -0.2) is 17.1 Å². The van der Waals surface area contributed by atoms with Crippen molar-refractivity contribution in [1.29, 1.82) is 0 Å². The number of rotatable bonds is 3. The average Bonchev–Trinajstić information content (AvgIpc) is 2.36. The molecule has 2 aromatic rings. The van der Waals surface area contributed by atoms with E-state index in [1.54, 1.807) is 7.11 Å². The first-order chi connectivity index (χ1) is 9.01. The summed E-state index contributed by atoms with van der Waals surface area (Å²) in [6, 6.07) is 3.74. The molecular weight excluding hydrogens is 474 g/mol. The standard InChI is InChI=1S/C11H10I2N4O2/c1-18-7-2-6(13)8(3-5(7)12)19-9-4-16-11(15)17-10(9)14/h2-4H,1H3,(H4,14,15,16,17). The van der Waals surface area contributed by atoms with Crippen LogP contribution in [0.1, 0.15) is 0 Å². The van der Waals surface area contributed by atoms with E-state index in [2.05, 4.69) is 55.1 Å². The van der Waals surface area contributed by atoms with Gasteiger partial charge in [-0.05, 0) is 57.3 Å². The van der Waals surface area contributed by atoms with Gasteiger partial charge in [0.05, 0.1) is 20.4 Å². The highest BCUT2D eigenvalue weighted by molar-refractivity contribution is 14.1. The van der Waals surface area contributed by atoms with Crippen LogP contribution in [0.15, 0.2) is 18.3 Å². The van der Waals surface area contributed by atoms with Gasteiger partial charge in [-0.15, -0.1) is 0 Å². The second kappa shape index (κ2) is 5.94.